The number of nitrogens with zero attached hydrogens (tertiary/aromatic N) is 1. The molecule has 0 atom stereocenters. The average Bonchev–Trinajstić information content (AvgIpc) is 3.22. The summed E-state index contributed by atoms with van der Waals surface area (Å²) in [5.41, 5.74) is 6.55. The third-order valence-corrected chi connectivity index (χ3v) is 4.74. The van der Waals surface area contributed by atoms with E-state index in [2.05, 4.69) is 17.3 Å². The minimum Gasteiger partial charge on any atom is -0.397 e. The molecule has 0 aromatic carbocycles. The van der Waals surface area contributed by atoms with Crippen LogP contribution < -0.4 is 16.0 Å². The van der Waals surface area contributed by atoms with E-state index in [1.54, 1.807) is 0 Å². The standard InChI is InChI=1S/C13H19N3OS/c1-16(7-8-2-3-8)11-6-10(14)12(18-11)13(17)15-9-4-5-9/h6,8-9H,2-5,7,14H2,1H3,(H,15,17). The van der Waals surface area contributed by atoms with Crippen molar-refractivity contribution in [3.05, 3.63) is 10.9 Å². The molecule has 2 saturated carbocycles. The van der Waals surface area contributed by atoms with E-state index in [0.717, 1.165) is 30.3 Å². The largest absolute Gasteiger partial charge is 0.397 e. The number of hydrogen-bond donors (Lipinski definition) is 2. The molecule has 3 N–H and O–H groups in total. The average molecular weight is 265 g/mol. The second-order valence-corrected chi connectivity index (χ2v) is 6.47. The van der Waals surface area contributed by atoms with Crippen LogP contribution in [0.5, 0.6) is 0 Å². The molecule has 1 amide bonds. The van der Waals surface area contributed by atoms with E-state index in [1.165, 1.54) is 24.2 Å². The summed E-state index contributed by atoms with van der Waals surface area (Å²) in [7, 11) is 2.08. The summed E-state index contributed by atoms with van der Waals surface area (Å²) in [5, 5.41) is 4.09. The molecule has 0 radical (unpaired) electrons. The first-order valence-corrected chi connectivity index (χ1v) is 7.36. The number of carbonyl (C=O) groups excluding carboxylic acids is 1. The summed E-state index contributed by atoms with van der Waals surface area (Å²) in [6.07, 6.45) is 4.87. The number of amides is 1. The minimum atomic E-state index is -0.00827. The lowest BCUT2D eigenvalue weighted by atomic mass is 10.3. The normalized spacial score (nSPS) is 18.7. The number of nitrogen functional groups attached to an aromatic ring is 1. The molecule has 1 heterocycles. The van der Waals surface area contributed by atoms with Crippen molar-refractivity contribution in [2.45, 2.75) is 31.7 Å². The highest BCUT2D eigenvalue weighted by Crippen LogP contribution is 2.36. The summed E-state index contributed by atoms with van der Waals surface area (Å²) in [6.45, 7) is 1.07. The van der Waals surface area contributed by atoms with Gasteiger partial charge in [-0.25, -0.2) is 0 Å². The fraction of sp³-hybridized carbons (Fsp3) is 0.615. The van der Waals surface area contributed by atoms with Gasteiger partial charge in [-0.1, -0.05) is 0 Å². The predicted octanol–water partition coefficient (Wildman–Crippen LogP) is 2.07. The monoisotopic (exact) mass is 265 g/mol. The molecule has 2 aliphatic rings. The van der Waals surface area contributed by atoms with Crippen molar-refractivity contribution in [3.8, 4) is 0 Å². The highest BCUT2D eigenvalue weighted by atomic mass is 32.1. The van der Waals surface area contributed by atoms with Crippen LogP contribution in [0.4, 0.5) is 10.7 Å². The Kier molecular flexibility index (Phi) is 2.93. The topological polar surface area (TPSA) is 58.4 Å². The highest BCUT2D eigenvalue weighted by Gasteiger charge is 2.27. The van der Waals surface area contributed by atoms with E-state index >= 15 is 0 Å². The molecule has 4 nitrogen and oxygen atoms in total. The third-order valence-electron chi connectivity index (χ3n) is 3.47. The lowest BCUT2D eigenvalue weighted by molar-refractivity contribution is 0.0956. The molecule has 0 saturated heterocycles. The molecule has 3 rings (SSSR count). The van der Waals surface area contributed by atoms with Gasteiger partial charge < -0.3 is 16.0 Å². The Morgan fingerprint density at radius 2 is 2.22 bits per heavy atom. The molecule has 2 fully saturated rings. The number of anilines is 2. The number of hydrogen-bond acceptors (Lipinski definition) is 4. The first-order valence-electron chi connectivity index (χ1n) is 6.55. The zero-order valence-electron chi connectivity index (χ0n) is 10.6. The molecule has 0 spiro atoms. The SMILES string of the molecule is CN(CC1CC1)c1cc(N)c(C(=O)NC2CC2)s1. The van der Waals surface area contributed by atoms with Crippen LogP contribution in [0.2, 0.25) is 0 Å². The molecule has 98 valence electrons. The van der Waals surface area contributed by atoms with Gasteiger partial charge in [-0.2, -0.15) is 0 Å². The molecular formula is C13H19N3OS. The fourth-order valence-electron chi connectivity index (χ4n) is 2.01. The molecule has 0 bridgehead atoms. The second-order valence-electron chi connectivity index (χ2n) is 5.44. The maximum atomic E-state index is 12.0. The molecular weight excluding hydrogens is 246 g/mol. The zero-order valence-corrected chi connectivity index (χ0v) is 11.4. The van der Waals surface area contributed by atoms with E-state index in [1.807, 2.05) is 6.07 Å². The van der Waals surface area contributed by atoms with E-state index in [-0.39, 0.29) is 5.91 Å². The number of carbonyl (C=O) groups is 1. The van der Waals surface area contributed by atoms with Gasteiger partial charge in [0.15, 0.2) is 0 Å². The van der Waals surface area contributed by atoms with Crippen molar-refractivity contribution in [2.75, 3.05) is 24.2 Å². The van der Waals surface area contributed by atoms with Crippen molar-refractivity contribution >= 4 is 27.9 Å². The van der Waals surface area contributed by atoms with Crippen molar-refractivity contribution in [1.29, 1.82) is 0 Å². The van der Waals surface area contributed by atoms with Crippen molar-refractivity contribution in [3.63, 3.8) is 0 Å². The molecule has 1 aromatic rings. The Balaban J connectivity index is 1.69. The van der Waals surface area contributed by atoms with Gasteiger partial charge >= 0.3 is 0 Å². The third kappa shape index (κ3) is 2.61. The van der Waals surface area contributed by atoms with Crippen molar-refractivity contribution < 1.29 is 4.79 Å². The Morgan fingerprint density at radius 1 is 1.50 bits per heavy atom. The van der Waals surface area contributed by atoms with Gasteiger partial charge in [-0.15, -0.1) is 11.3 Å². The maximum absolute atomic E-state index is 12.0. The summed E-state index contributed by atoms with van der Waals surface area (Å²) in [4.78, 5) is 14.9. The van der Waals surface area contributed by atoms with Gasteiger partial charge in [0, 0.05) is 19.6 Å². The van der Waals surface area contributed by atoms with Gasteiger partial charge in [0.2, 0.25) is 0 Å². The number of rotatable bonds is 5. The Morgan fingerprint density at radius 3 is 2.83 bits per heavy atom. The fourth-order valence-corrected chi connectivity index (χ4v) is 2.97. The summed E-state index contributed by atoms with van der Waals surface area (Å²) >= 11 is 1.50. The van der Waals surface area contributed by atoms with Crippen LogP contribution in [0.25, 0.3) is 0 Å². The molecule has 0 unspecified atom stereocenters. The van der Waals surface area contributed by atoms with Gasteiger partial charge in [0.25, 0.3) is 5.91 Å². The Hall–Kier alpha value is -1.23. The van der Waals surface area contributed by atoms with Crippen LogP contribution in [-0.4, -0.2) is 25.5 Å². The zero-order chi connectivity index (χ0) is 12.7. The summed E-state index contributed by atoms with van der Waals surface area (Å²) in [6, 6.07) is 2.31. The van der Waals surface area contributed by atoms with E-state index in [4.69, 9.17) is 5.73 Å². The molecule has 18 heavy (non-hydrogen) atoms. The van der Waals surface area contributed by atoms with Crippen LogP contribution in [0.3, 0.4) is 0 Å². The van der Waals surface area contributed by atoms with Crippen LogP contribution in [-0.2, 0) is 0 Å². The minimum absolute atomic E-state index is 0.00827. The van der Waals surface area contributed by atoms with Crippen molar-refractivity contribution in [1.82, 2.24) is 5.32 Å². The number of nitrogens with one attached hydrogen (secondary N) is 1. The lowest BCUT2D eigenvalue weighted by Crippen LogP contribution is -2.25. The second kappa shape index (κ2) is 4.46. The molecule has 2 aliphatic carbocycles. The van der Waals surface area contributed by atoms with E-state index in [9.17, 15) is 4.79 Å². The van der Waals surface area contributed by atoms with E-state index < -0.39 is 0 Å². The van der Waals surface area contributed by atoms with Crippen LogP contribution in [0, 0.1) is 5.92 Å². The Bertz CT molecular complexity index is 463. The van der Waals surface area contributed by atoms with Crippen LogP contribution in [0.15, 0.2) is 6.07 Å². The summed E-state index contributed by atoms with van der Waals surface area (Å²) < 4.78 is 0. The van der Waals surface area contributed by atoms with Gasteiger partial charge in [0.1, 0.15) is 4.88 Å². The predicted molar refractivity (Wildman–Crippen MR) is 75.2 cm³/mol. The lowest BCUT2D eigenvalue weighted by Gasteiger charge is -2.15. The number of thiophene rings is 1. The smallest absolute Gasteiger partial charge is 0.263 e. The first-order chi connectivity index (χ1) is 8.63. The summed E-state index contributed by atoms with van der Waals surface area (Å²) in [5.74, 6) is 0.827. The quantitative estimate of drug-likeness (QED) is 0.857. The van der Waals surface area contributed by atoms with Gasteiger partial charge in [0.05, 0.1) is 10.7 Å². The maximum Gasteiger partial charge on any atom is 0.263 e. The van der Waals surface area contributed by atoms with Crippen LogP contribution >= 0.6 is 11.3 Å². The molecule has 5 heteroatoms. The van der Waals surface area contributed by atoms with Crippen LogP contribution in [0.1, 0.15) is 35.4 Å². The first kappa shape index (κ1) is 11.8. The highest BCUT2D eigenvalue weighted by molar-refractivity contribution is 7.18. The van der Waals surface area contributed by atoms with Gasteiger partial charge in [-0.05, 0) is 37.7 Å². The van der Waals surface area contributed by atoms with Gasteiger partial charge in [-0.3, -0.25) is 4.79 Å². The Labute approximate surface area is 111 Å². The number of nitrogens with two attached hydrogens (primary N) is 1. The molecule has 1 aromatic heterocycles. The van der Waals surface area contributed by atoms with Crippen molar-refractivity contribution in [2.24, 2.45) is 5.92 Å². The molecule has 0 aliphatic heterocycles. The van der Waals surface area contributed by atoms with E-state index in [0.29, 0.717) is 16.6 Å².